The Morgan fingerprint density at radius 3 is 2.55 bits per heavy atom. The van der Waals surface area contributed by atoms with Gasteiger partial charge in [0.05, 0.1) is 0 Å². The van der Waals surface area contributed by atoms with Crippen molar-refractivity contribution in [2.75, 3.05) is 7.05 Å². The van der Waals surface area contributed by atoms with Crippen molar-refractivity contribution in [3.05, 3.63) is 12.2 Å². The molecule has 0 aromatic carbocycles. The molecule has 0 fully saturated rings. The topological polar surface area (TPSA) is 49.3 Å². The molecule has 0 unspecified atom stereocenters. The lowest BCUT2D eigenvalue weighted by Gasteiger charge is -2.21. The van der Waals surface area contributed by atoms with E-state index in [2.05, 4.69) is 5.32 Å². The van der Waals surface area contributed by atoms with Crippen LogP contribution in [0.25, 0.3) is 0 Å². The van der Waals surface area contributed by atoms with Crippen LogP contribution in [0.4, 0.5) is 0 Å². The van der Waals surface area contributed by atoms with E-state index in [0.717, 1.165) is 6.42 Å². The number of nitrogens with one attached hydrogen (secondary N) is 1. The van der Waals surface area contributed by atoms with Gasteiger partial charge in [-0.3, -0.25) is 0 Å². The van der Waals surface area contributed by atoms with Gasteiger partial charge in [0.2, 0.25) is 0 Å². The number of carboxylic acid groups (broad SMARTS) is 1. The number of carboxylic acids is 1. The van der Waals surface area contributed by atoms with Gasteiger partial charge in [-0.05, 0) is 27.3 Å². The van der Waals surface area contributed by atoms with Crippen LogP contribution in [-0.2, 0) is 4.79 Å². The predicted octanol–water partition coefficient (Wildman–Crippen LogP) is 1.02. The minimum absolute atomic E-state index is 0.0219. The first-order chi connectivity index (χ1) is 4.98. The van der Waals surface area contributed by atoms with Crippen molar-refractivity contribution < 1.29 is 9.90 Å². The summed E-state index contributed by atoms with van der Waals surface area (Å²) in [4.78, 5) is 10.1. The Balaban J connectivity index is 3.78. The Hall–Kier alpha value is -0.830. The summed E-state index contributed by atoms with van der Waals surface area (Å²) in [6.07, 6.45) is 3.54. The molecule has 0 aromatic heterocycles. The molecule has 0 aliphatic heterocycles. The fourth-order valence-corrected chi connectivity index (χ4v) is 0.556. The van der Waals surface area contributed by atoms with Gasteiger partial charge in [0, 0.05) is 11.6 Å². The highest BCUT2D eigenvalue weighted by Gasteiger charge is 2.11. The van der Waals surface area contributed by atoms with Crippen LogP contribution in [0.1, 0.15) is 20.3 Å². The van der Waals surface area contributed by atoms with Crippen molar-refractivity contribution >= 4 is 5.97 Å². The van der Waals surface area contributed by atoms with Crippen molar-refractivity contribution in [2.24, 2.45) is 0 Å². The molecule has 3 nitrogen and oxygen atoms in total. The van der Waals surface area contributed by atoms with Crippen LogP contribution in [-0.4, -0.2) is 23.7 Å². The minimum Gasteiger partial charge on any atom is -0.478 e. The molecule has 0 aliphatic rings. The Morgan fingerprint density at radius 2 is 2.18 bits per heavy atom. The quantitative estimate of drug-likeness (QED) is 0.599. The van der Waals surface area contributed by atoms with Gasteiger partial charge in [0.25, 0.3) is 0 Å². The fraction of sp³-hybridized carbons (Fsp3) is 0.625. The third kappa shape index (κ3) is 5.61. The van der Waals surface area contributed by atoms with Crippen molar-refractivity contribution in [1.82, 2.24) is 5.32 Å². The molecular formula is C8H15NO2. The largest absolute Gasteiger partial charge is 0.478 e. The molecule has 0 amide bonds. The van der Waals surface area contributed by atoms with Gasteiger partial charge in [-0.15, -0.1) is 0 Å². The van der Waals surface area contributed by atoms with Crippen LogP contribution in [0.15, 0.2) is 12.2 Å². The van der Waals surface area contributed by atoms with Crippen molar-refractivity contribution in [1.29, 1.82) is 0 Å². The molecule has 0 radical (unpaired) electrons. The molecule has 64 valence electrons. The van der Waals surface area contributed by atoms with Crippen LogP contribution in [0.3, 0.4) is 0 Å². The lowest BCUT2D eigenvalue weighted by molar-refractivity contribution is -0.131. The first-order valence-corrected chi connectivity index (χ1v) is 3.56. The zero-order valence-electron chi connectivity index (χ0n) is 7.22. The number of carbonyl (C=O) groups is 1. The highest BCUT2D eigenvalue weighted by atomic mass is 16.4. The van der Waals surface area contributed by atoms with Crippen LogP contribution >= 0.6 is 0 Å². The summed E-state index contributed by atoms with van der Waals surface area (Å²) in [5.41, 5.74) is -0.0219. The van der Waals surface area contributed by atoms with Crippen LogP contribution < -0.4 is 5.32 Å². The Kier molecular flexibility index (Phi) is 3.82. The summed E-state index contributed by atoms with van der Waals surface area (Å²) in [5.74, 6) is -0.892. The normalized spacial score (nSPS) is 12.3. The summed E-state index contributed by atoms with van der Waals surface area (Å²) < 4.78 is 0. The maximum Gasteiger partial charge on any atom is 0.327 e. The van der Waals surface area contributed by atoms with Gasteiger partial charge in [0.1, 0.15) is 0 Å². The van der Waals surface area contributed by atoms with E-state index in [1.807, 2.05) is 20.9 Å². The minimum atomic E-state index is -0.892. The molecule has 0 aromatic rings. The zero-order valence-corrected chi connectivity index (χ0v) is 7.22. The molecule has 0 atom stereocenters. The Labute approximate surface area is 67.1 Å². The SMILES string of the molecule is CNC(C)(C)CC=CC(=O)O. The van der Waals surface area contributed by atoms with E-state index in [0.29, 0.717) is 0 Å². The third-order valence-corrected chi connectivity index (χ3v) is 1.57. The van der Waals surface area contributed by atoms with Gasteiger partial charge in [-0.2, -0.15) is 0 Å². The number of hydrogen-bond acceptors (Lipinski definition) is 2. The first-order valence-electron chi connectivity index (χ1n) is 3.56. The predicted molar refractivity (Wildman–Crippen MR) is 44.5 cm³/mol. The van der Waals surface area contributed by atoms with Gasteiger partial charge < -0.3 is 10.4 Å². The Bertz CT molecular complexity index is 161. The summed E-state index contributed by atoms with van der Waals surface area (Å²) in [6, 6.07) is 0. The molecule has 0 saturated carbocycles. The highest BCUT2D eigenvalue weighted by Crippen LogP contribution is 2.07. The molecule has 0 bridgehead atoms. The molecule has 11 heavy (non-hydrogen) atoms. The summed E-state index contributed by atoms with van der Waals surface area (Å²) in [6.45, 7) is 4.03. The molecule has 2 N–H and O–H groups in total. The Morgan fingerprint density at radius 1 is 1.64 bits per heavy atom. The second-order valence-corrected chi connectivity index (χ2v) is 3.08. The number of hydrogen-bond donors (Lipinski definition) is 2. The van der Waals surface area contributed by atoms with E-state index < -0.39 is 5.97 Å². The summed E-state index contributed by atoms with van der Waals surface area (Å²) in [5, 5.41) is 11.3. The molecule has 0 aliphatic carbocycles. The second kappa shape index (κ2) is 4.13. The van der Waals surface area contributed by atoms with Gasteiger partial charge in [0.15, 0.2) is 0 Å². The molecule has 0 heterocycles. The van der Waals surface area contributed by atoms with E-state index in [1.165, 1.54) is 6.08 Å². The lowest BCUT2D eigenvalue weighted by atomic mass is 10.0. The van der Waals surface area contributed by atoms with Gasteiger partial charge in [-0.1, -0.05) is 6.08 Å². The molecular weight excluding hydrogens is 142 g/mol. The third-order valence-electron chi connectivity index (χ3n) is 1.57. The first kappa shape index (κ1) is 10.2. The second-order valence-electron chi connectivity index (χ2n) is 3.08. The maximum absolute atomic E-state index is 10.1. The average molecular weight is 157 g/mol. The smallest absolute Gasteiger partial charge is 0.327 e. The zero-order chi connectivity index (χ0) is 8.91. The van der Waals surface area contributed by atoms with E-state index in [-0.39, 0.29) is 5.54 Å². The van der Waals surface area contributed by atoms with Crippen molar-refractivity contribution in [3.8, 4) is 0 Å². The van der Waals surface area contributed by atoms with Crippen LogP contribution in [0, 0.1) is 0 Å². The molecule has 0 rings (SSSR count). The number of rotatable bonds is 4. The monoisotopic (exact) mass is 157 g/mol. The van der Waals surface area contributed by atoms with Crippen LogP contribution in [0.5, 0.6) is 0 Å². The van der Waals surface area contributed by atoms with E-state index >= 15 is 0 Å². The number of aliphatic carboxylic acids is 1. The molecule has 0 spiro atoms. The fourth-order valence-electron chi connectivity index (χ4n) is 0.556. The van der Waals surface area contributed by atoms with Gasteiger partial charge >= 0.3 is 5.97 Å². The van der Waals surface area contributed by atoms with E-state index in [1.54, 1.807) is 6.08 Å². The van der Waals surface area contributed by atoms with Crippen molar-refractivity contribution in [2.45, 2.75) is 25.8 Å². The van der Waals surface area contributed by atoms with Crippen LogP contribution in [0.2, 0.25) is 0 Å². The lowest BCUT2D eigenvalue weighted by Crippen LogP contribution is -2.35. The van der Waals surface area contributed by atoms with E-state index in [4.69, 9.17) is 5.11 Å². The molecule has 3 heteroatoms. The highest BCUT2D eigenvalue weighted by molar-refractivity contribution is 5.79. The van der Waals surface area contributed by atoms with Crippen molar-refractivity contribution in [3.63, 3.8) is 0 Å². The molecule has 0 saturated heterocycles. The summed E-state index contributed by atoms with van der Waals surface area (Å²) >= 11 is 0. The van der Waals surface area contributed by atoms with E-state index in [9.17, 15) is 4.79 Å². The average Bonchev–Trinajstić information content (AvgIpc) is 1.87. The maximum atomic E-state index is 10.1. The summed E-state index contributed by atoms with van der Waals surface area (Å²) in [7, 11) is 1.86. The standard InChI is InChI=1S/C8H15NO2/c1-8(2,9-3)6-4-5-7(10)11/h4-5,9H,6H2,1-3H3,(H,10,11). The van der Waals surface area contributed by atoms with Gasteiger partial charge in [-0.25, -0.2) is 4.79 Å².